The molecule has 0 unspecified atom stereocenters. The van der Waals surface area contributed by atoms with E-state index in [-0.39, 0.29) is 18.0 Å². The maximum absolute atomic E-state index is 12.4. The van der Waals surface area contributed by atoms with Crippen molar-refractivity contribution in [1.29, 1.82) is 0 Å². The van der Waals surface area contributed by atoms with Gasteiger partial charge in [0.1, 0.15) is 12.2 Å². The first-order chi connectivity index (χ1) is 10.8. The molecule has 0 spiro atoms. The lowest BCUT2D eigenvalue weighted by molar-refractivity contribution is -0.123. The van der Waals surface area contributed by atoms with Crippen LogP contribution in [-0.2, 0) is 23.1 Å². The third-order valence-electron chi connectivity index (χ3n) is 4.10. The summed E-state index contributed by atoms with van der Waals surface area (Å²) in [5, 5.41) is 3.00. The van der Waals surface area contributed by atoms with Crippen molar-refractivity contribution in [3.8, 4) is 0 Å². The summed E-state index contributed by atoms with van der Waals surface area (Å²) < 4.78 is 8.75. The fourth-order valence-corrected chi connectivity index (χ4v) is 2.46. The summed E-state index contributed by atoms with van der Waals surface area (Å²) in [4.78, 5) is 24.6. The Morgan fingerprint density at radius 3 is 2.57 bits per heavy atom. The van der Waals surface area contributed by atoms with Crippen LogP contribution in [0, 0.1) is 0 Å². The van der Waals surface area contributed by atoms with Crippen molar-refractivity contribution in [1.82, 2.24) is 14.5 Å². The minimum atomic E-state index is -0.411. The van der Waals surface area contributed by atoms with Gasteiger partial charge in [0.05, 0.1) is 17.6 Å². The number of carbonyl (C=O) groups is 2. The summed E-state index contributed by atoms with van der Waals surface area (Å²) in [6, 6.07) is 3.67. The second-order valence-corrected chi connectivity index (χ2v) is 6.32. The highest BCUT2D eigenvalue weighted by atomic mass is 16.5. The molecule has 6 nitrogen and oxygen atoms in total. The van der Waals surface area contributed by atoms with Crippen LogP contribution in [0.15, 0.2) is 18.3 Å². The molecule has 0 atom stereocenters. The van der Waals surface area contributed by atoms with Crippen LogP contribution in [0.1, 0.15) is 44.6 Å². The zero-order chi connectivity index (χ0) is 17.2. The van der Waals surface area contributed by atoms with Crippen LogP contribution < -0.4 is 5.32 Å². The van der Waals surface area contributed by atoms with Crippen molar-refractivity contribution in [2.45, 2.75) is 46.2 Å². The fraction of sp³-hybridized carbons (Fsp3) is 0.529. The molecular formula is C17H25N3O3. The van der Waals surface area contributed by atoms with Crippen LogP contribution in [0.5, 0.6) is 0 Å². The maximum Gasteiger partial charge on any atom is 0.355 e. The number of aromatic nitrogens is 2. The molecule has 0 saturated heterocycles. The number of hydrogen-bond donors (Lipinski definition) is 1. The number of hydrogen-bond acceptors (Lipinski definition) is 3. The van der Waals surface area contributed by atoms with Gasteiger partial charge in [-0.3, -0.25) is 4.79 Å². The molecular weight excluding hydrogens is 294 g/mol. The Morgan fingerprint density at radius 1 is 1.26 bits per heavy atom. The van der Waals surface area contributed by atoms with E-state index in [0.717, 1.165) is 17.5 Å². The number of fused-ring (bicyclic) bond motifs is 1. The predicted molar refractivity (Wildman–Crippen MR) is 89.4 cm³/mol. The number of amides is 1. The van der Waals surface area contributed by atoms with E-state index in [1.54, 1.807) is 17.6 Å². The van der Waals surface area contributed by atoms with Gasteiger partial charge in [0.2, 0.25) is 5.91 Å². The van der Waals surface area contributed by atoms with Gasteiger partial charge in [0, 0.05) is 18.8 Å². The predicted octanol–water partition coefficient (Wildman–Crippen LogP) is 2.46. The van der Waals surface area contributed by atoms with Gasteiger partial charge in [-0.25, -0.2) is 4.79 Å². The summed E-state index contributed by atoms with van der Waals surface area (Å²) in [6.45, 7) is 8.13. The number of ether oxygens (including phenoxy) is 1. The van der Waals surface area contributed by atoms with Crippen LogP contribution >= 0.6 is 0 Å². The molecule has 1 N–H and O–H groups in total. The van der Waals surface area contributed by atoms with Crippen molar-refractivity contribution >= 4 is 22.9 Å². The highest BCUT2D eigenvalue weighted by Crippen LogP contribution is 2.21. The van der Waals surface area contributed by atoms with Crippen LogP contribution in [0.2, 0.25) is 0 Å². The maximum atomic E-state index is 12.4. The summed E-state index contributed by atoms with van der Waals surface area (Å²) in [5.41, 5.74) is 1.87. The third-order valence-corrected chi connectivity index (χ3v) is 4.10. The highest BCUT2D eigenvalue weighted by Gasteiger charge is 2.22. The summed E-state index contributed by atoms with van der Waals surface area (Å²) in [7, 11) is 1.90. The van der Waals surface area contributed by atoms with E-state index in [4.69, 9.17) is 4.74 Å². The van der Waals surface area contributed by atoms with E-state index in [2.05, 4.69) is 5.32 Å². The van der Waals surface area contributed by atoms with Crippen LogP contribution in [0.4, 0.5) is 0 Å². The molecule has 126 valence electrons. The van der Waals surface area contributed by atoms with Gasteiger partial charge >= 0.3 is 5.97 Å². The molecule has 0 aliphatic heterocycles. The van der Waals surface area contributed by atoms with Crippen LogP contribution in [-0.4, -0.2) is 33.2 Å². The molecule has 2 rings (SSSR count). The summed E-state index contributed by atoms with van der Waals surface area (Å²) in [6.07, 6.45) is 2.74. The smallest absolute Gasteiger partial charge is 0.355 e. The molecule has 6 heteroatoms. The van der Waals surface area contributed by atoms with E-state index in [1.165, 1.54) is 0 Å². The van der Waals surface area contributed by atoms with Crippen LogP contribution in [0.3, 0.4) is 0 Å². The van der Waals surface area contributed by atoms with Gasteiger partial charge in [0.25, 0.3) is 0 Å². The molecule has 2 aromatic rings. The quantitative estimate of drug-likeness (QED) is 0.832. The second-order valence-electron chi connectivity index (χ2n) is 6.32. The van der Waals surface area contributed by atoms with E-state index in [0.29, 0.717) is 12.3 Å². The van der Waals surface area contributed by atoms with Crippen molar-refractivity contribution in [3.05, 3.63) is 24.0 Å². The molecule has 0 radical (unpaired) electrons. The Labute approximate surface area is 136 Å². The first-order valence-electron chi connectivity index (χ1n) is 7.91. The third kappa shape index (κ3) is 3.57. The Balaban J connectivity index is 2.35. The first-order valence-corrected chi connectivity index (χ1v) is 7.91. The average molecular weight is 319 g/mol. The Morgan fingerprint density at radius 2 is 1.96 bits per heavy atom. The monoisotopic (exact) mass is 319 g/mol. The van der Waals surface area contributed by atoms with Crippen molar-refractivity contribution < 1.29 is 14.3 Å². The molecule has 2 aromatic heterocycles. The van der Waals surface area contributed by atoms with Crippen molar-refractivity contribution in [2.24, 2.45) is 7.05 Å². The summed E-state index contributed by atoms with van der Waals surface area (Å²) >= 11 is 0. The molecule has 0 bridgehead atoms. The number of esters is 1. The van der Waals surface area contributed by atoms with Gasteiger partial charge in [-0.2, -0.15) is 0 Å². The van der Waals surface area contributed by atoms with E-state index in [1.807, 2.05) is 44.6 Å². The van der Waals surface area contributed by atoms with E-state index >= 15 is 0 Å². The van der Waals surface area contributed by atoms with Gasteiger partial charge in [-0.1, -0.05) is 6.92 Å². The number of aryl methyl sites for hydroxylation is 1. The fourth-order valence-electron chi connectivity index (χ4n) is 2.46. The molecule has 1 amide bonds. The lowest BCUT2D eigenvalue weighted by Gasteiger charge is -2.24. The van der Waals surface area contributed by atoms with E-state index in [9.17, 15) is 9.59 Å². The van der Waals surface area contributed by atoms with Crippen molar-refractivity contribution in [2.75, 3.05) is 6.61 Å². The van der Waals surface area contributed by atoms with Crippen molar-refractivity contribution in [3.63, 3.8) is 0 Å². The molecule has 23 heavy (non-hydrogen) atoms. The Hall–Kier alpha value is -2.24. The van der Waals surface area contributed by atoms with Gasteiger partial charge < -0.3 is 19.2 Å². The number of carbonyl (C=O) groups excluding carboxylic acids is 2. The highest BCUT2D eigenvalue weighted by molar-refractivity contribution is 5.96. The number of nitrogens with one attached hydrogen (secondary N) is 1. The summed E-state index contributed by atoms with van der Waals surface area (Å²) in [5.74, 6) is -0.532. The SMILES string of the molecule is CCOC(=O)c1cc2c(ccn2C)n1CC(=O)NC(C)(C)CC. The topological polar surface area (TPSA) is 65.3 Å². The largest absolute Gasteiger partial charge is 0.461 e. The first kappa shape index (κ1) is 17.1. The molecule has 0 saturated carbocycles. The zero-order valence-corrected chi connectivity index (χ0v) is 14.5. The normalized spacial score (nSPS) is 11.7. The molecule has 0 fully saturated rings. The Kier molecular flexibility index (Phi) is 4.82. The Bertz CT molecular complexity index is 725. The lowest BCUT2D eigenvalue weighted by atomic mass is 10.0. The zero-order valence-electron chi connectivity index (χ0n) is 14.5. The average Bonchev–Trinajstić information content (AvgIpc) is 3.00. The van der Waals surface area contributed by atoms with Gasteiger partial charge in [0.15, 0.2) is 0 Å². The lowest BCUT2D eigenvalue weighted by Crippen LogP contribution is -2.44. The van der Waals surface area contributed by atoms with Gasteiger partial charge in [-0.15, -0.1) is 0 Å². The van der Waals surface area contributed by atoms with E-state index < -0.39 is 5.97 Å². The minimum absolute atomic E-state index is 0.0884. The molecule has 0 aromatic carbocycles. The van der Waals surface area contributed by atoms with Gasteiger partial charge in [-0.05, 0) is 39.3 Å². The second kappa shape index (κ2) is 6.48. The molecule has 2 heterocycles. The standard InChI is InChI=1S/C17H25N3O3/c1-6-17(3,4)18-15(21)11-20-12-8-9-19(5)13(12)10-14(20)16(22)23-7-2/h8-10H,6-7,11H2,1-5H3,(H,18,21). The minimum Gasteiger partial charge on any atom is -0.461 e. The van der Waals surface area contributed by atoms with Crippen LogP contribution in [0.25, 0.3) is 11.0 Å². The molecule has 0 aliphatic carbocycles. The molecule has 0 aliphatic rings. The number of nitrogens with zero attached hydrogens (tertiary/aromatic N) is 2. The number of rotatable bonds is 6.